The van der Waals surface area contributed by atoms with Crippen LogP contribution < -0.4 is 10.2 Å². The van der Waals surface area contributed by atoms with Crippen LogP contribution in [-0.2, 0) is 11.0 Å². The molecule has 2 atom stereocenters. The quantitative estimate of drug-likeness (QED) is 0.613. The molecular formula is C18H17F6N5O2. The van der Waals surface area contributed by atoms with Gasteiger partial charge in [-0.25, -0.2) is 4.98 Å². The van der Waals surface area contributed by atoms with Gasteiger partial charge in [-0.1, -0.05) is 0 Å². The molecule has 4 heterocycles. The van der Waals surface area contributed by atoms with Crippen LogP contribution in [0.1, 0.15) is 41.5 Å². The van der Waals surface area contributed by atoms with Crippen LogP contribution in [0.4, 0.5) is 38.0 Å². The van der Waals surface area contributed by atoms with Gasteiger partial charge in [-0.05, 0) is 25.0 Å². The van der Waals surface area contributed by atoms with Crippen LogP contribution in [-0.4, -0.2) is 51.6 Å². The Morgan fingerprint density at radius 2 is 1.81 bits per heavy atom. The second kappa shape index (κ2) is 7.39. The topological polar surface area (TPSA) is 94.1 Å². The monoisotopic (exact) mass is 449 g/mol. The lowest BCUT2D eigenvalue weighted by Gasteiger charge is -2.35. The van der Waals surface area contributed by atoms with Crippen molar-refractivity contribution in [2.24, 2.45) is 0 Å². The number of piperidine rings is 1. The standard InChI is InChI=1S/C18H17F6N5O2/c19-17(20,21)9-1-4-25-10(7-9)29-5-2-8(3-6-29)13-11-12(18(22,23)24)14(30)16(31)26-15(11)28-27-13/h1,4,7-8,12,14,30H,2-3,5-6H2,(H2,26,27,28,31)/t12-,14-/m1/s1. The molecule has 0 saturated carbocycles. The molecule has 0 unspecified atom stereocenters. The Bertz CT molecular complexity index is 981. The van der Waals surface area contributed by atoms with Crippen LogP contribution in [0.5, 0.6) is 0 Å². The molecule has 2 aromatic heterocycles. The third-order valence-electron chi connectivity index (χ3n) is 5.62. The van der Waals surface area contributed by atoms with Gasteiger partial charge in [0.15, 0.2) is 5.82 Å². The Kier molecular flexibility index (Phi) is 5.10. The van der Waals surface area contributed by atoms with Crippen molar-refractivity contribution in [3.63, 3.8) is 0 Å². The van der Waals surface area contributed by atoms with Crippen LogP contribution in [0.15, 0.2) is 18.3 Å². The fourth-order valence-corrected chi connectivity index (χ4v) is 4.09. The maximum absolute atomic E-state index is 13.6. The molecule has 13 heteroatoms. The van der Waals surface area contributed by atoms with Crippen molar-refractivity contribution in [3.8, 4) is 0 Å². The second-order valence-electron chi connectivity index (χ2n) is 7.51. The summed E-state index contributed by atoms with van der Waals surface area (Å²) in [5.41, 5.74) is -0.969. The first-order valence-electron chi connectivity index (χ1n) is 9.39. The van der Waals surface area contributed by atoms with Crippen molar-refractivity contribution in [2.75, 3.05) is 23.3 Å². The summed E-state index contributed by atoms with van der Waals surface area (Å²) in [6, 6.07) is 1.80. The molecule has 0 bridgehead atoms. The van der Waals surface area contributed by atoms with Gasteiger partial charge in [-0.15, -0.1) is 0 Å². The smallest absolute Gasteiger partial charge is 0.382 e. The van der Waals surface area contributed by atoms with Gasteiger partial charge in [0.05, 0.1) is 5.56 Å². The number of carbonyl (C=O) groups excluding carboxylic acids is 1. The lowest BCUT2D eigenvalue weighted by atomic mass is 9.83. The van der Waals surface area contributed by atoms with E-state index in [0.29, 0.717) is 12.8 Å². The molecule has 0 radical (unpaired) electrons. The number of rotatable bonds is 2. The number of nitrogens with zero attached hydrogens (tertiary/aromatic N) is 3. The summed E-state index contributed by atoms with van der Waals surface area (Å²) in [5.74, 6) is -4.14. The molecule has 31 heavy (non-hydrogen) atoms. The van der Waals surface area contributed by atoms with E-state index in [-0.39, 0.29) is 36.0 Å². The number of aromatic amines is 1. The number of amides is 1. The number of hydrogen-bond donors (Lipinski definition) is 3. The van der Waals surface area contributed by atoms with Gasteiger partial charge in [-0.3, -0.25) is 9.89 Å². The van der Waals surface area contributed by atoms with Gasteiger partial charge in [0.1, 0.15) is 17.8 Å². The number of nitrogens with one attached hydrogen (secondary N) is 2. The highest BCUT2D eigenvalue weighted by atomic mass is 19.4. The number of H-pyrrole nitrogens is 1. The average Bonchev–Trinajstić information content (AvgIpc) is 3.10. The number of aromatic nitrogens is 3. The number of halogens is 6. The van der Waals surface area contributed by atoms with Crippen molar-refractivity contribution in [3.05, 3.63) is 35.2 Å². The number of anilines is 2. The van der Waals surface area contributed by atoms with Gasteiger partial charge in [0, 0.05) is 36.5 Å². The van der Waals surface area contributed by atoms with E-state index in [1.54, 1.807) is 4.90 Å². The van der Waals surface area contributed by atoms with Crippen molar-refractivity contribution < 1.29 is 36.2 Å². The highest BCUT2D eigenvalue weighted by Crippen LogP contribution is 2.47. The zero-order chi connectivity index (χ0) is 22.6. The molecule has 3 N–H and O–H groups in total. The predicted octanol–water partition coefficient (Wildman–Crippen LogP) is 3.17. The lowest BCUT2D eigenvalue weighted by molar-refractivity contribution is -0.177. The molecule has 0 aliphatic carbocycles. The average molecular weight is 449 g/mol. The molecule has 1 amide bonds. The van der Waals surface area contributed by atoms with Crippen molar-refractivity contribution in [1.29, 1.82) is 0 Å². The van der Waals surface area contributed by atoms with Gasteiger partial charge in [0.25, 0.3) is 5.91 Å². The summed E-state index contributed by atoms with van der Waals surface area (Å²) in [6.07, 6.45) is -9.97. The SMILES string of the molecule is O=C1Nc2n[nH]c(C3CCN(c4cc(C(F)(F)F)ccn4)CC3)c2[C@@H](C(F)(F)F)[C@H]1O. The molecule has 168 valence electrons. The Labute approximate surface area is 171 Å². The third kappa shape index (κ3) is 3.93. The van der Waals surface area contributed by atoms with E-state index < -0.39 is 41.8 Å². The fraction of sp³-hybridized carbons (Fsp3) is 0.500. The third-order valence-corrected chi connectivity index (χ3v) is 5.62. The molecular weight excluding hydrogens is 432 g/mol. The Balaban J connectivity index is 1.55. The summed E-state index contributed by atoms with van der Waals surface area (Å²) in [7, 11) is 0. The summed E-state index contributed by atoms with van der Waals surface area (Å²) >= 11 is 0. The van der Waals surface area contributed by atoms with Crippen molar-refractivity contribution in [1.82, 2.24) is 15.2 Å². The number of pyridine rings is 1. The lowest BCUT2D eigenvalue weighted by Crippen LogP contribution is -2.44. The molecule has 1 fully saturated rings. The van der Waals surface area contributed by atoms with Gasteiger partial charge in [0.2, 0.25) is 0 Å². The predicted molar refractivity (Wildman–Crippen MR) is 95.4 cm³/mol. The first kappa shape index (κ1) is 21.4. The van der Waals surface area contributed by atoms with Crippen LogP contribution >= 0.6 is 0 Å². The Morgan fingerprint density at radius 1 is 1.13 bits per heavy atom. The maximum atomic E-state index is 13.6. The van der Waals surface area contributed by atoms with E-state index in [4.69, 9.17) is 0 Å². The highest BCUT2D eigenvalue weighted by Gasteiger charge is 2.53. The van der Waals surface area contributed by atoms with Crippen LogP contribution in [0.2, 0.25) is 0 Å². The molecule has 4 rings (SSSR count). The number of hydrogen-bond acceptors (Lipinski definition) is 5. The van der Waals surface area contributed by atoms with Gasteiger partial charge < -0.3 is 15.3 Å². The van der Waals surface area contributed by atoms with E-state index in [0.717, 1.165) is 18.3 Å². The highest BCUT2D eigenvalue weighted by molar-refractivity contribution is 5.97. The van der Waals surface area contributed by atoms with E-state index in [2.05, 4.69) is 20.5 Å². The zero-order valence-electron chi connectivity index (χ0n) is 15.8. The van der Waals surface area contributed by atoms with E-state index in [9.17, 15) is 36.2 Å². The normalized spacial score (nSPS) is 22.9. The Hall–Kier alpha value is -2.83. The fourth-order valence-electron chi connectivity index (χ4n) is 4.09. The van der Waals surface area contributed by atoms with Crippen molar-refractivity contribution >= 4 is 17.5 Å². The number of carbonyl (C=O) groups is 1. The number of aliphatic hydroxyl groups excluding tert-OH is 1. The summed E-state index contributed by atoms with van der Waals surface area (Å²) in [6.45, 7) is 0.525. The van der Waals surface area contributed by atoms with Crippen LogP contribution in [0, 0.1) is 0 Å². The van der Waals surface area contributed by atoms with Crippen LogP contribution in [0.3, 0.4) is 0 Å². The van der Waals surface area contributed by atoms with Crippen LogP contribution in [0.25, 0.3) is 0 Å². The minimum Gasteiger partial charge on any atom is -0.382 e. The molecule has 0 spiro atoms. The van der Waals surface area contributed by atoms with Crippen molar-refractivity contribution in [2.45, 2.75) is 43.1 Å². The minimum atomic E-state index is -4.87. The Morgan fingerprint density at radius 3 is 2.42 bits per heavy atom. The first-order chi connectivity index (χ1) is 14.5. The molecule has 2 aromatic rings. The van der Waals surface area contributed by atoms with Gasteiger partial charge >= 0.3 is 12.4 Å². The molecule has 7 nitrogen and oxygen atoms in total. The zero-order valence-corrected chi connectivity index (χ0v) is 15.8. The van der Waals surface area contributed by atoms with E-state index in [1.165, 1.54) is 0 Å². The summed E-state index contributed by atoms with van der Waals surface area (Å²) in [4.78, 5) is 17.3. The van der Waals surface area contributed by atoms with E-state index in [1.807, 2.05) is 0 Å². The van der Waals surface area contributed by atoms with E-state index >= 15 is 0 Å². The summed E-state index contributed by atoms with van der Waals surface area (Å²) < 4.78 is 79.6. The molecule has 1 saturated heterocycles. The first-order valence-corrected chi connectivity index (χ1v) is 9.39. The minimum absolute atomic E-state index is 0.135. The maximum Gasteiger partial charge on any atom is 0.416 e. The summed E-state index contributed by atoms with van der Waals surface area (Å²) in [5, 5.41) is 18.4. The number of fused-ring (bicyclic) bond motifs is 1. The number of aliphatic hydroxyl groups is 1. The number of alkyl halides is 6. The van der Waals surface area contributed by atoms with Gasteiger partial charge in [-0.2, -0.15) is 31.4 Å². The molecule has 2 aliphatic rings. The second-order valence-corrected chi connectivity index (χ2v) is 7.51. The molecule has 0 aromatic carbocycles. The largest absolute Gasteiger partial charge is 0.416 e. The molecule has 2 aliphatic heterocycles.